The van der Waals surface area contributed by atoms with Crippen molar-refractivity contribution in [2.45, 2.75) is 6.92 Å². The number of esters is 1. The molecular formula is C20H16BrNO4. The SMILES string of the molecule is COC(=O)C1=C(C)N(c2ccc(Br)cc2)C(=O)/C1=C\c1ccccc1O. The van der Waals surface area contributed by atoms with Crippen LogP contribution in [-0.4, -0.2) is 24.1 Å². The van der Waals surface area contributed by atoms with E-state index in [0.717, 1.165) is 4.47 Å². The van der Waals surface area contributed by atoms with Gasteiger partial charge in [-0.25, -0.2) is 4.79 Å². The van der Waals surface area contributed by atoms with Gasteiger partial charge in [0.1, 0.15) is 5.75 Å². The maximum Gasteiger partial charge on any atom is 0.340 e. The number of hydrogen-bond donors (Lipinski definition) is 1. The number of allylic oxidation sites excluding steroid dienone is 1. The number of carbonyl (C=O) groups excluding carboxylic acids is 2. The third kappa shape index (κ3) is 3.15. The van der Waals surface area contributed by atoms with Gasteiger partial charge in [-0.1, -0.05) is 34.1 Å². The number of hydrogen-bond acceptors (Lipinski definition) is 4. The number of para-hydroxylation sites is 1. The summed E-state index contributed by atoms with van der Waals surface area (Å²) in [6.07, 6.45) is 1.51. The zero-order chi connectivity index (χ0) is 18.8. The van der Waals surface area contributed by atoms with Crippen LogP contribution in [0.2, 0.25) is 0 Å². The first-order valence-electron chi connectivity index (χ1n) is 7.83. The van der Waals surface area contributed by atoms with Crippen LogP contribution in [0.25, 0.3) is 6.08 Å². The van der Waals surface area contributed by atoms with Crippen molar-refractivity contribution in [3.05, 3.63) is 75.4 Å². The highest BCUT2D eigenvalue weighted by Gasteiger charge is 2.37. The number of nitrogens with zero attached hydrogens (tertiary/aromatic N) is 1. The maximum atomic E-state index is 13.1. The summed E-state index contributed by atoms with van der Waals surface area (Å²) in [7, 11) is 1.27. The molecule has 132 valence electrons. The monoisotopic (exact) mass is 413 g/mol. The van der Waals surface area contributed by atoms with E-state index in [-0.39, 0.29) is 22.8 Å². The van der Waals surface area contributed by atoms with Crippen LogP contribution in [0.4, 0.5) is 5.69 Å². The molecule has 0 radical (unpaired) electrons. The molecule has 0 aliphatic carbocycles. The van der Waals surface area contributed by atoms with Gasteiger partial charge < -0.3 is 9.84 Å². The number of amides is 1. The largest absolute Gasteiger partial charge is 0.507 e. The number of phenolic OH excluding ortho intramolecular Hbond substituents is 1. The Bertz CT molecular complexity index is 945. The lowest BCUT2D eigenvalue weighted by atomic mass is 10.0. The van der Waals surface area contributed by atoms with Crippen LogP contribution in [0.15, 0.2) is 69.8 Å². The smallest absolute Gasteiger partial charge is 0.340 e. The molecule has 0 aromatic heterocycles. The van der Waals surface area contributed by atoms with E-state index in [1.54, 1.807) is 37.3 Å². The van der Waals surface area contributed by atoms with Crippen molar-refractivity contribution >= 4 is 39.6 Å². The van der Waals surface area contributed by atoms with Crippen LogP contribution < -0.4 is 4.90 Å². The summed E-state index contributed by atoms with van der Waals surface area (Å²) in [5.41, 5.74) is 1.92. The molecule has 0 bridgehead atoms. The van der Waals surface area contributed by atoms with Crippen LogP contribution in [0.5, 0.6) is 5.75 Å². The summed E-state index contributed by atoms with van der Waals surface area (Å²) in [5, 5.41) is 10.0. The number of phenols is 1. The van der Waals surface area contributed by atoms with Gasteiger partial charge in [0.25, 0.3) is 5.91 Å². The fourth-order valence-corrected chi connectivity index (χ4v) is 3.11. The van der Waals surface area contributed by atoms with Crippen LogP contribution >= 0.6 is 15.9 Å². The second kappa shape index (κ2) is 7.17. The number of halogens is 1. The normalized spacial score (nSPS) is 15.7. The third-order valence-electron chi connectivity index (χ3n) is 4.11. The first-order chi connectivity index (χ1) is 12.4. The summed E-state index contributed by atoms with van der Waals surface area (Å²) < 4.78 is 5.75. The molecule has 5 nitrogen and oxygen atoms in total. The number of anilines is 1. The quantitative estimate of drug-likeness (QED) is 0.609. The van der Waals surface area contributed by atoms with Crippen molar-refractivity contribution in [2.24, 2.45) is 0 Å². The average molecular weight is 414 g/mol. The Balaban J connectivity index is 2.15. The number of carbonyl (C=O) groups is 2. The molecule has 3 rings (SSSR count). The van der Waals surface area contributed by atoms with E-state index in [1.165, 1.54) is 24.2 Å². The zero-order valence-corrected chi connectivity index (χ0v) is 15.8. The molecule has 0 atom stereocenters. The lowest BCUT2D eigenvalue weighted by molar-refractivity contribution is -0.136. The minimum Gasteiger partial charge on any atom is -0.507 e. The Morgan fingerprint density at radius 3 is 2.42 bits per heavy atom. The van der Waals surface area contributed by atoms with E-state index in [2.05, 4.69) is 15.9 Å². The Morgan fingerprint density at radius 2 is 1.81 bits per heavy atom. The lowest BCUT2D eigenvalue weighted by Gasteiger charge is -2.18. The predicted molar refractivity (Wildman–Crippen MR) is 102 cm³/mol. The van der Waals surface area contributed by atoms with E-state index in [0.29, 0.717) is 16.9 Å². The summed E-state index contributed by atoms with van der Waals surface area (Å²) in [6, 6.07) is 13.8. The van der Waals surface area contributed by atoms with E-state index in [9.17, 15) is 14.7 Å². The first kappa shape index (κ1) is 17.9. The van der Waals surface area contributed by atoms with Crippen molar-refractivity contribution in [2.75, 3.05) is 12.0 Å². The molecule has 1 amide bonds. The number of methoxy groups -OCH3 is 1. The van der Waals surface area contributed by atoms with Gasteiger partial charge in [0, 0.05) is 21.4 Å². The van der Waals surface area contributed by atoms with E-state index in [4.69, 9.17) is 4.74 Å². The van der Waals surface area contributed by atoms with Crippen LogP contribution in [0.1, 0.15) is 12.5 Å². The lowest BCUT2D eigenvalue weighted by Crippen LogP contribution is -2.24. The van der Waals surface area contributed by atoms with Gasteiger partial charge in [0.2, 0.25) is 0 Å². The number of ether oxygens (including phenoxy) is 1. The molecule has 26 heavy (non-hydrogen) atoms. The molecule has 2 aromatic rings. The molecule has 1 aliphatic heterocycles. The van der Waals surface area contributed by atoms with Crippen molar-refractivity contribution in [3.8, 4) is 5.75 Å². The van der Waals surface area contributed by atoms with Gasteiger partial charge in [-0.05, 0) is 43.3 Å². The minimum atomic E-state index is -0.600. The fourth-order valence-electron chi connectivity index (χ4n) is 2.85. The van der Waals surface area contributed by atoms with Gasteiger partial charge in [0.15, 0.2) is 0 Å². The molecule has 2 aromatic carbocycles. The molecule has 0 saturated heterocycles. The Morgan fingerprint density at radius 1 is 1.15 bits per heavy atom. The summed E-state index contributed by atoms with van der Waals surface area (Å²) in [6.45, 7) is 1.69. The van der Waals surface area contributed by atoms with E-state index in [1.807, 2.05) is 12.1 Å². The molecule has 1 heterocycles. The second-order valence-corrected chi connectivity index (χ2v) is 6.60. The molecule has 6 heteroatoms. The Labute approximate surface area is 159 Å². The summed E-state index contributed by atoms with van der Waals surface area (Å²) >= 11 is 3.37. The number of benzene rings is 2. The number of rotatable bonds is 3. The standard InChI is InChI=1S/C20H16BrNO4/c1-12-18(20(25)26-2)16(11-13-5-3-4-6-17(13)23)19(24)22(12)15-9-7-14(21)8-10-15/h3-11,23H,1-2H3/b16-11-. The van der Waals surface area contributed by atoms with Crippen LogP contribution in [0, 0.1) is 0 Å². The number of aromatic hydroxyl groups is 1. The van der Waals surface area contributed by atoms with Gasteiger partial charge in [0.05, 0.1) is 18.3 Å². The third-order valence-corrected chi connectivity index (χ3v) is 4.64. The van der Waals surface area contributed by atoms with Crippen LogP contribution in [-0.2, 0) is 14.3 Å². The second-order valence-electron chi connectivity index (χ2n) is 5.69. The van der Waals surface area contributed by atoms with Crippen LogP contribution in [0.3, 0.4) is 0 Å². The van der Waals surface area contributed by atoms with Crippen molar-refractivity contribution in [3.63, 3.8) is 0 Å². The highest BCUT2D eigenvalue weighted by atomic mass is 79.9. The molecular weight excluding hydrogens is 398 g/mol. The van der Waals surface area contributed by atoms with Crippen molar-refractivity contribution in [1.29, 1.82) is 0 Å². The van der Waals surface area contributed by atoms with Gasteiger partial charge in [-0.3, -0.25) is 9.69 Å². The van der Waals surface area contributed by atoms with E-state index < -0.39 is 5.97 Å². The van der Waals surface area contributed by atoms with Gasteiger partial charge in [-0.2, -0.15) is 0 Å². The van der Waals surface area contributed by atoms with Gasteiger partial charge in [-0.15, -0.1) is 0 Å². The molecule has 0 fully saturated rings. The molecule has 1 N–H and O–H groups in total. The van der Waals surface area contributed by atoms with E-state index >= 15 is 0 Å². The maximum absolute atomic E-state index is 13.1. The highest BCUT2D eigenvalue weighted by Crippen LogP contribution is 2.36. The average Bonchev–Trinajstić information content (AvgIpc) is 2.87. The summed E-state index contributed by atoms with van der Waals surface area (Å²) in [5.74, 6) is -0.928. The van der Waals surface area contributed by atoms with Crippen molar-refractivity contribution < 1.29 is 19.4 Å². The topological polar surface area (TPSA) is 66.8 Å². The fraction of sp³-hybridized carbons (Fsp3) is 0.100. The van der Waals surface area contributed by atoms with Gasteiger partial charge >= 0.3 is 5.97 Å². The zero-order valence-electron chi connectivity index (χ0n) is 14.2. The first-order valence-corrected chi connectivity index (χ1v) is 8.62. The molecule has 0 spiro atoms. The molecule has 0 saturated carbocycles. The molecule has 0 unspecified atom stereocenters. The summed E-state index contributed by atoms with van der Waals surface area (Å²) in [4.78, 5) is 26.8. The Kier molecular flexibility index (Phi) is 4.95. The molecule has 1 aliphatic rings. The predicted octanol–water partition coefficient (Wildman–Crippen LogP) is 4.03. The highest BCUT2D eigenvalue weighted by molar-refractivity contribution is 9.10. The van der Waals surface area contributed by atoms with Crippen molar-refractivity contribution in [1.82, 2.24) is 0 Å². The Hall–Kier alpha value is -2.86. The minimum absolute atomic E-state index is 0.0248.